The van der Waals surface area contributed by atoms with E-state index in [1.54, 1.807) is 24.0 Å². The number of carboxylic acid groups (broad SMARTS) is 1. The van der Waals surface area contributed by atoms with Gasteiger partial charge < -0.3 is 14.9 Å². The van der Waals surface area contributed by atoms with Crippen molar-refractivity contribution in [2.75, 3.05) is 31.1 Å². The lowest BCUT2D eigenvalue weighted by molar-refractivity contribution is -0.149. The lowest BCUT2D eigenvalue weighted by Gasteiger charge is -2.40. The number of hydrogen-bond donors (Lipinski definition) is 1. The smallest absolute Gasteiger partial charge is 0.328 e. The van der Waals surface area contributed by atoms with Crippen molar-refractivity contribution < 1.29 is 27.5 Å². The molecule has 0 aromatic heterocycles. The number of nitrogens with zero attached hydrogens (tertiary/aromatic N) is 3. The number of hydrogen-bond acceptors (Lipinski definition) is 5. The number of halogens is 1. The topological polar surface area (TPSA) is 98.2 Å². The normalized spacial score (nSPS) is 23.6. The lowest BCUT2D eigenvalue weighted by Crippen LogP contribution is -2.58. The zero-order valence-electron chi connectivity index (χ0n) is 19.8. The van der Waals surface area contributed by atoms with Gasteiger partial charge in [0, 0.05) is 50.4 Å². The third kappa shape index (κ3) is 4.90. The van der Waals surface area contributed by atoms with E-state index in [2.05, 4.69) is 0 Å². The van der Waals surface area contributed by atoms with E-state index < -0.39 is 39.1 Å². The molecule has 10 heteroatoms. The van der Waals surface area contributed by atoms with E-state index in [0.29, 0.717) is 31.6 Å². The molecule has 0 aliphatic carbocycles. The number of carbonyl (C=O) groups is 2. The second-order valence-corrected chi connectivity index (χ2v) is 11.2. The van der Waals surface area contributed by atoms with Gasteiger partial charge in [-0.25, -0.2) is 17.6 Å². The molecule has 0 saturated carbocycles. The molecule has 2 fully saturated rings. The molecule has 1 amide bonds. The molecule has 188 valence electrons. The zero-order valence-corrected chi connectivity index (χ0v) is 20.6. The van der Waals surface area contributed by atoms with Gasteiger partial charge in [0.15, 0.2) is 0 Å². The average molecular weight is 504 g/mol. The summed E-state index contributed by atoms with van der Waals surface area (Å²) in [6.07, 6.45) is 1.20. The molecule has 0 bridgehead atoms. The maximum absolute atomic E-state index is 15.3. The van der Waals surface area contributed by atoms with Crippen LogP contribution in [0, 0.1) is 5.82 Å². The summed E-state index contributed by atoms with van der Waals surface area (Å²) in [6.45, 7) is 3.98. The number of sulfonamides is 1. The van der Waals surface area contributed by atoms with Crippen LogP contribution in [0.4, 0.5) is 10.1 Å². The SMILES string of the molecule is CC(=O)N1CCN(c2ccc(C(C)N3CCCC(c4ccccc4)S3(=O)=O)c(F)c2)CC1C(=O)O. The summed E-state index contributed by atoms with van der Waals surface area (Å²) in [5.74, 6) is -1.98. The highest BCUT2D eigenvalue weighted by atomic mass is 32.2. The Morgan fingerprint density at radius 3 is 2.43 bits per heavy atom. The minimum atomic E-state index is -3.69. The predicted molar refractivity (Wildman–Crippen MR) is 130 cm³/mol. The van der Waals surface area contributed by atoms with Gasteiger partial charge in [0.05, 0.1) is 0 Å². The van der Waals surface area contributed by atoms with Crippen molar-refractivity contribution in [3.05, 3.63) is 65.5 Å². The molecule has 4 rings (SSSR count). The van der Waals surface area contributed by atoms with Crippen LogP contribution in [0.3, 0.4) is 0 Å². The van der Waals surface area contributed by atoms with Crippen molar-refractivity contribution in [2.45, 2.75) is 44.0 Å². The van der Waals surface area contributed by atoms with Crippen LogP contribution in [0.1, 0.15) is 49.1 Å². The maximum atomic E-state index is 15.3. The molecule has 2 saturated heterocycles. The molecule has 2 heterocycles. The molecule has 2 aliphatic heterocycles. The first kappa shape index (κ1) is 25.1. The van der Waals surface area contributed by atoms with Gasteiger partial charge in [-0.15, -0.1) is 0 Å². The molecule has 1 N–H and O–H groups in total. The van der Waals surface area contributed by atoms with E-state index in [1.165, 1.54) is 22.2 Å². The molecule has 2 aromatic rings. The van der Waals surface area contributed by atoms with E-state index in [9.17, 15) is 23.1 Å². The first-order valence-electron chi connectivity index (χ1n) is 11.7. The second-order valence-electron chi connectivity index (χ2n) is 9.09. The number of carbonyl (C=O) groups excluding carboxylic acids is 1. The lowest BCUT2D eigenvalue weighted by atomic mass is 10.0. The quantitative estimate of drug-likeness (QED) is 0.673. The molecular formula is C25H30FN3O5S. The van der Waals surface area contributed by atoms with Crippen molar-refractivity contribution in [1.29, 1.82) is 0 Å². The summed E-state index contributed by atoms with van der Waals surface area (Å²) >= 11 is 0. The summed E-state index contributed by atoms with van der Waals surface area (Å²) < 4.78 is 43.6. The van der Waals surface area contributed by atoms with Crippen molar-refractivity contribution in [3.63, 3.8) is 0 Å². The standard InChI is InChI=1S/C25H30FN3O5S/c1-17(29-12-6-9-24(35(29,33)34)19-7-4-3-5-8-19)21-11-10-20(15-22(21)26)27-13-14-28(18(2)30)23(16-27)25(31)32/h3-5,7-8,10-11,15,17,23-24H,6,9,12-14,16H2,1-2H3,(H,31,32). The minimum absolute atomic E-state index is 0.0442. The fourth-order valence-electron chi connectivity index (χ4n) is 5.10. The molecule has 3 atom stereocenters. The Balaban J connectivity index is 1.56. The van der Waals surface area contributed by atoms with Crippen molar-refractivity contribution in [3.8, 4) is 0 Å². The Labute approximate surface area is 205 Å². The third-order valence-corrected chi connectivity index (χ3v) is 9.38. The van der Waals surface area contributed by atoms with E-state index in [4.69, 9.17) is 0 Å². The molecule has 0 spiro atoms. The van der Waals surface area contributed by atoms with Crippen molar-refractivity contribution >= 4 is 27.6 Å². The van der Waals surface area contributed by atoms with Crippen molar-refractivity contribution in [2.24, 2.45) is 0 Å². The van der Waals surface area contributed by atoms with E-state index >= 15 is 4.39 Å². The van der Waals surface area contributed by atoms with Gasteiger partial charge in [-0.1, -0.05) is 36.4 Å². The van der Waals surface area contributed by atoms with Gasteiger partial charge in [-0.2, -0.15) is 4.31 Å². The molecule has 3 unspecified atom stereocenters. The first-order chi connectivity index (χ1) is 16.6. The molecule has 2 aliphatic rings. The number of anilines is 1. The van der Waals surface area contributed by atoms with Crippen LogP contribution in [-0.4, -0.2) is 66.8 Å². The number of aliphatic carboxylic acids is 1. The number of benzene rings is 2. The van der Waals surface area contributed by atoms with Gasteiger partial charge in [-0.3, -0.25) is 4.79 Å². The van der Waals surface area contributed by atoms with Crippen LogP contribution in [0.25, 0.3) is 0 Å². The van der Waals surface area contributed by atoms with Gasteiger partial charge in [0.1, 0.15) is 17.1 Å². The Hall–Kier alpha value is -2.98. The number of rotatable bonds is 5. The van der Waals surface area contributed by atoms with Crippen LogP contribution < -0.4 is 4.90 Å². The van der Waals surface area contributed by atoms with Crippen LogP contribution >= 0.6 is 0 Å². The van der Waals surface area contributed by atoms with Crippen LogP contribution in [0.5, 0.6) is 0 Å². The van der Waals surface area contributed by atoms with E-state index in [0.717, 1.165) is 5.56 Å². The highest BCUT2D eigenvalue weighted by Gasteiger charge is 2.40. The number of piperazine rings is 1. The van der Waals surface area contributed by atoms with Crippen molar-refractivity contribution in [1.82, 2.24) is 9.21 Å². The number of amides is 1. The fourth-order valence-corrected chi connectivity index (χ4v) is 7.34. The zero-order chi connectivity index (χ0) is 25.3. The molecule has 0 radical (unpaired) electrons. The maximum Gasteiger partial charge on any atom is 0.328 e. The van der Waals surface area contributed by atoms with Gasteiger partial charge >= 0.3 is 5.97 Å². The molecule has 2 aromatic carbocycles. The summed E-state index contributed by atoms with van der Waals surface area (Å²) in [6, 6.07) is 12.0. The Morgan fingerprint density at radius 2 is 1.80 bits per heavy atom. The van der Waals surface area contributed by atoms with Crippen LogP contribution in [0.15, 0.2) is 48.5 Å². The highest BCUT2D eigenvalue weighted by Crippen LogP contribution is 2.39. The van der Waals surface area contributed by atoms with Gasteiger partial charge in [-0.05, 0) is 37.5 Å². The summed E-state index contributed by atoms with van der Waals surface area (Å²) in [4.78, 5) is 26.5. The van der Waals surface area contributed by atoms with Gasteiger partial charge in [0.2, 0.25) is 15.9 Å². The monoisotopic (exact) mass is 503 g/mol. The molecule has 8 nitrogen and oxygen atoms in total. The summed E-state index contributed by atoms with van der Waals surface area (Å²) in [5, 5.41) is 8.87. The Morgan fingerprint density at radius 1 is 1.09 bits per heavy atom. The first-order valence-corrected chi connectivity index (χ1v) is 13.2. The third-order valence-electron chi connectivity index (χ3n) is 7.00. The van der Waals surface area contributed by atoms with E-state index in [-0.39, 0.29) is 24.6 Å². The average Bonchev–Trinajstić information content (AvgIpc) is 2.83. The predicted octanol–water partition coefficient (Wildman–Crippen LogP) is 3.18. The summed E-state index contributed by atoms with van der Waals surface area (Å²) in [5.41, 5.74) is 1.50. The van der Waals surface area contributed by atoms with Crippen LogP contribution in [0.2, 0.25) is 0 Å². The Kier molecular flexibility index (Phi) is 7.14. The Bertz CT molecular complexity index is 1210. The molecular weight excluding hydrogens is 473 g/mol. The van der Waals surface area contributed by atoms with Crippen LogP contribution in [-0.2, 0) is 19.6 Å². The fraction of sp³-hybridized carbons (Fsp3) is 0.440. The highest BCUT2D eigenvalue weighted by molar-refractivity contribution is 7.89. The summed E-state index contributed by atoms with van der Waals surface area (Å²) in [7, 11) is -3.69. The second kappa shape index (κ2) is 9.94. The van der Waals surface area contributed by atoms with Gasteiger partial charge in [0.25, 0.3) is 0 Å². The minimum Gasteiger partial charge on any atom is -0.480 e. The number of carboxylic acids is 1. The largest absolute Gasteiger partial charge is 0.480 e. The molecule has 35 heavy (non-hydrogen) atoms. The van der Waals surface area contributed by atoms with E-state index in [1.807, 2.05) is 30.3 Å².